The Balaban J connectivity index is 2.00. The van der Waals surface area contributed by atoms with Crippen molar-refractivity contribution in [2.45, 2.75) is 31.7 Å². The summed E-state index contributed by atoms with van der Waals surface area (Å²) in [6.07, 6.45) is 0.670. The fourth-order valence-corrected chi connectivity index (χ4v) is 4.53. The van der Waals surface area contributed by atoms with Crippen LogP contribution < -0.4 is 9.46 Å². The van der Waals surface area contributed by atoms with Crippen molar-refractivity contribution in [2.24, 2.45) is 0 Å². The minimum atomic E-state index is -4.08. The highest BCUT2D eigenvalue weighted by Gasteiger charge is 2.21. The Hall–Kier alpha value is -3.20. The summed E-state index contributed by atoms with van der Waals surface area (Å²) < 4.78 is 48.9. The van der Waals surface area contributed by atoms with E-state index < -0.39 is 21.7 Å². The van der Waals surface area contributed by atoms with Crippen LogP contribution in [0.4, 0.5) is 4.39 Å². The molecule has 0 bridgehead atoms. The number of carbonyl (C=O) groups is 1. The van der Waals surface area contributed by atoms with Crippen LogP contribution in [0.15, 0.2) is 47.4 Å². The van der Waals surface area contributed by atoms with E-state index in [1.165, 1.54) is 25.3 Å². The second-order valence-electron chi connectivity index (χ2n) is 6.90. The first-order valence-corrected chi connectivity index (χ1v) is 11.0. The Morgan fingerprint density at radius 2 is 1.97 bits per heavy atom. The van der Waals surface area contributed by atoms with Crippen molar-refractivity contribution in [2.75, 3.05) is 7.11 Å². The van der Waals surface area contributed by atoms with E-state index >= 15 is 4.39 Å². The van der Waals surface area contributed by atoms with Crippen LogP contribution in [0, 0.1) is 12.7 Å². The molecule has 1 aromatic heterocycles. The molecule has 1 radical (unpaired) electrons. The summed E-state index contributed by atoms with van der Waals surface area (Å²) in [4.78, 5) is 15.5. The summed E-state index contributed by atoms with van der Waals surface area (Å²) in [7, 11) is -2.59. The number of hydrogen-bond donors (Lipinski definition) is 1. The fourth-order valence-electron chi connectivity index (χ4n) is 3.31. The summed E-state index contributed by atoms with van der Waals surface area (Å²) in [6.45, 7) is 7.23. The average Bonchev–Trinajstić information content (AvgIpc) is 3.03. The summed E-state index contributed by atoms with van der Waals surface area (Å²) in [6, 6.07) is 10.9. The monoisotopic (exact) mass is 444 g/mol. The summed E-state index contributed by atoms with van der Waals surface area (Å²) in [5, 5.41) is 0. The van der Waals surface area contributed by atoms with Gasteiger partial charge < -0.3 is 4.74 Å². The normalized spacial score (nSPS) is 11.4. The van der Waals surface area contributed by atoms with E-state index in [0.29, 0.717) is 29.3 Å². The largest absolute Gasteiger partial charge is 0.468 e. The van der Waals surface area contributed by atoms with Crippen LogP contribution >= 0.6 is 0 Å². The van der Waals surface area contributed by atoms with Crippen LogP contribution in [0.1, 0.15) is 30.8 Å². The van der Waals surface area contributed by atoms with Crippen LogP contribution in [0.25, 0.3) is 11.1 Å². The molecule has 163 valence electrons. The van der Waals surface area contributed by atoms with Crippen LogP contribution in [-0.2, 0) is 27.8 Å². The molecule has 0 atom stereocenters. The lowest BCUT2D eigenvalue weighted by atomic mass is 10.0. The number of imidazole rings is 1. The Bertz CT molecular complexity index is 1240. The maximum absolute atomic E-state index is 15.0. The molecule has 1 amide bonds. The molecule has 1 N–H and O–H groups in total. The molecular formula is C22H23FN3O4S. The first-order chi connectivity index (χ1) is 14.7. The quantitative estimate of drug-likeness (QED) is 0.604. The number of amides is 1. The van der Waals surface area contributed by atoms with Gasteiger partial charge in [0.2, 0.25) is 5.91 Å². The minimum Gasteiger partial charge on any atom is -0.468 e. The zero-order chi connectivity index (χ0) is 22.8. The number of sulfonamides is 1. The number of nitrogens with one attached hydrogen (secondary N) is 1. The van der Waals surface area contributed by atoms with Crippen LogP contribution in [0.5, 0.6) is 6.01 Å². The molecule has 31 heavy (non-hydrogen) atoms. The third-order valence-electron chi connectivity index (χ3n) is 4.79. The van der Waals surface area contributed by atoms with Gasteiger partial charge in [-0.05, 0) is 31.0 Å². The molecule has 3 aromatic rings. The molecule has 0 aliphatic heterocycles. The van der Waals surface area contributed by atoms with Crippen molar-refractivity contribution in [1.82, 2.24) is 14.3 Å². The molecule has 7 nitrogen and oxygen atoms in total. The van der Waals surface area contributed by atoms with Gasteiger partial charge >= 0.3 is 0 Å². The van der Waals surface area contributed by atoms with E-state index in [9.17, 15) is 13.2 Å². The van der Waals surface area contributed by atoms with Gasteiger partial charge in [0.25, 0.3) is 16.0 Å². The first kappa shape index (κ1) is 22.5. The number of carbonyl (C=O) groups excluding carboxylic acids is 1. The maximum Gasteiger partial charge on any atom is 0.296 e. The minimum absolute atomic E-state index is 0.110. The Kier molecular flexibility index (Phi) is 6.45. The predicted octanol–water partition coefficient (Wildman–Crippen LogP) is 3.32. The van der Waals surface area contributed by atoms with E-state index in [1.807, 2.05) is 11.6 Å². The summed E-state index contributed by atoms with van der Waals surface area (Å²) in [5.41, 5.74) is 2.44. The molecular weight excluding hydrogens is 421 g/mol. The van der Waals surface area contributed by atoms with Gasteiger partial charge in [0.1, 0.15) is 5.82 Å². The molecule has 1 heterocycles. The predicted molar refractivity (Wildman–Crippen MR) is 115 cm³/mol. The SMILES string of the molecule is [CH2]c1c(CC)nc(OC)n1Cc1ccc(-c2ccccc2S(=O)(=O)NC(C)=O)cc1F. The van der Waals surface area contributed by atoms with E-state index in [1.54, 1.807) is 28.8 Å². The van der Waals surface area contributed by atoms with Crippen molar-refractivity contribution in [3.8, 4) is 17.1 Å². The third-order valence-corrected chi connectivity index (χ3v) is 6.28. The number of methoxy groups -OCH3 is 1. The molecule has 0 saturated carbocycles. The van der Waals surface area contributed by atoms with E-state index in [0.717, 1.165) is 12.6 Å². The van der Waals surface area contributed by atoms with Crippen molar-refractivity contribution < 1.29 is 22.3 Å². The highest BCUT2D eigenvalue weighted by Crippen LogP contribution is 2.29. The molecule has 0 saturated heterocycles. The standard InChI is InChI=1S/C22H23FN3O4S/c1-5-20-14(2)26(22(24-20)30-4)13-17-11-10-16(12-19(17)23)18-8-6-7-9-21(18)31(28,29)25-15(3)27/h6-12H,2,5,13H2,1,3-4H3,(H,25,27). The van der Waals surface area contributed by atoms with Gasteiger partial charge in [0.15, 0.2) is 0 Å². The third kappa shape index (κ3) is 4.61. The Morgan fingerprint density at radius 3 is 2.58 bits per heavy atom. The molecule has 0 unspecified atom stereocenters. The van der Waals surface area contributed by atoms with Crippen LogP contribution in [-0.4, -0.2) is 31.0 Å². The van der Waals surface area contributed by atoms with Crippen molar-refractivity contribution >= 4 is 15.9 Å². The smallest absolute Gasteiger partial charge is 0.296 e. The number of benzene rings is 2. The highest BCUT2D eigenvalue weighted by atomic mass is 32.2. The van der Waals surface area contributed by atoms with Crippen molar-refractivity contribution in [1.29, 1.82) is 0 Å². The van der Waals surface area contributed by atoms with Gasteiger partial charge in [-0.1, -0.05) is 37.3 Å². The van der Waals surface area contributed by atoms with Crippen molar-refractivity contribution in [3.63, 3.8) is 0 Å². The molecule has 0 aliphatic carbocycles. The average molecular weight is 445 g/mol. The highest BCUT2D eigenvalue weighted by molar-refractivity contribution is 7.90. The van der Waals surface area contributed by atoms with E-state index in [4.69, 9.17) is 4.74 Å². The number of aryl methyl sites for hydroxylation is 1. The van der Waals surface area contributed by atoms with Crippen molar-refractivity contribution in [3.05, 3.63) is 72.2 Å². The van der Waals surface area contributed by atoms with Gasteiger partial charge in [-0.2, -0.15) is 0 Å². The molecule has 0 spiro atoms. The lowest BCUT2D eigenvalue weighted by Crippen LogP contribution is -2.28. The molecule has 0 fully saturated rings. The number of hydrogen-bond acceptors (Lipinski definition) is 5. The van der Waals surface area contributed by atoms with Gasteiger partial charge in [-0.25, -0.2) is 22.5 Å². The maximum atomic E-state index is 15.0. The first-order valence-electron chi connectivity index (χ1n) is 9.54. The van der Waals surface area contributed by atoms with Crippen LogP contribution in [0.3, 0.4) is 0 Å². The number of halogens is 1. The fraction of sp³-hybridized carbons (Fsp3) is 0.227. The zero-order valence-corrected chi connectivity index (χ0v) is 18.3. The molecule has 2 aromatic carbocycles. The number of aromatic nitrogens is 2. The van der Waals surface area contributed by atoms with Gasteiger partial charge in [-0.15, -0.1) is 0 Å². The summed E-state index contributed by atoms with van der Waals surface area (Å²) >= 11 is 0. The summed E-state index contributed by atoms with van der Waals surface area (Å²) in [5.74, 6) is -1.22. The second kappa shape index (κ2) is 8.89. The van der Waals surface area contributed by atoms with Gasteiger partial charge in [0.05, 0.1) is 24.2 Å². The number of ether oxygens (including phenoxy) is 1. The number of rotatable bonds is 7. The Morgan fingerprint density at radius 1 is 1.26 bits per heavy atom. The molecule has 3 rings (SSSR count). The second-order valence-corrected chi connectivity index (χ2v) is 8.55. The van der Waals surface area contributed by atoms with E-state index in [-0.39, 0.29) is 17.0 Å². The lowest BCUT2D eigenvalue weighted by molar-refractivity contribution is -0.117. The lowest BCUT2D eigenvalue weighted by Gasteiger charge is -2.13. The van der Waals surface area contributed by atoms with Gasteiger partial charge in [0, 0.05) is 23.7 Å². The number of nitrogens with zero attached hydrogens (tertiary/aromatic N) is 2. The van der Waals surface area contributed by atoms with E-state index in [2.05, 4.69) is 11.9 Å². The zero-order valence-electron chi connectivity index (χ0n) is 17.5. The van der Waals surface area contributed by atoms with Crippen LogP contribution in [0.2, 0.25) is 0 Å². The molecule has 9 heteroatoms. The topological polar surface area (TPSA) is 90.3 Å². The Labute approximate surface area is 180 Å². The molecule has 0 aliphatic rings. The van der Waals surface area contributed by atoms with Gasteiger partial charge in [-0.3, -0.25) is 9.36 Å².